The first kappa shape index (κ1) is 20.3. The number of benzene rings is 2. The van der Waals surface area contributed by atoms with Gasteiger partial charge in [-0.2, -0.15) is 0 Å². The molecule has 0 radical (unpaired) electrons. The first-order valence-electron chi connectivity index (χ1n) is 8.12. The van der Waals surface area contributed by atoms with Crippen LogP contribution in [0.25, 0.3) is 0 Å². The van der Waals surface area contributed by atoms with Crippen molar-refractivity contribution in [2.45, 2.75) is 13.2 Å². The molecule has 6 heteroatoms. The van der Waals surface area contributed by atoms with Crippen molar-refractivity contribution in [1.29, 1.82) is 0 Å². The molecule has 0 aromatic heterocycles. The van der Waals surface area contributed by atoms with E-state index in [1.54, 1.807) is 43.5 Å². The second-order valence-electron chi connectivity index (χ2n) is 5.41. The molecule has 2 aromatic carbocycles. The highest BCUT2D eigenvalue weighted by molar-refractivity contribution is 6.30. The Morgan fingerprint density at radius 2 is 1.26 bits per heavy atom. The van der Waals surface area contributed by atoms with E-state index in [9.17, 15) is 9.59 Å². The molecule has 0 N–H and O–H groups in total. The zero-order valence-electron chi connectivity index (χ0n) is 14.8. The average molecular weight is 387 g/mol. The number of rotatable bonds is 8. The van der Waals surface area contributed by atoms with Crippen molar-refractivity contribution in [1.82, 2.24) is 0 Å². The molecule has 140 valence electrons. The van der Waals surface area contributed by atoms with Gasteiger partial charge in [0.2, 0.25) is 0 Å². The van der Waals surface area contributed by atoms with Gasteiger partial charge >= 0.3 is 11.9 Å². The predicted octanol–water partition coefficient (Wildman–Crippen LogP) is 4.25. The molecule has 0 aliphatic carbocycles. The number of hydrogen-bond acceptors (Lipinski definition) is 5. The van der Waals surface area contributed by atoms with Crippen LogP contribution in [0.3, 0.4) is 0 Å². The summed E-state index contributed by atoms with van der Waals surface area (Å²) >= 11 is 5.78. The van der Waals surface area contributed by atoms with Crippen LogP contribution in [0.2, 0.25) is 5.02 Å². The van der Waals surface area contributed by atoms with Gasteiger partial charge in [-0.05, 0) is 35.4 Å². The molecule has 27 heavy (non-hydrogen) atoms. The van der Waals surface area contributed by atoms with Crippen molar-refractivity contribution in [2.24, 2.45) is 0 Å². The third-order valence-corrected chi connectivity index (χ3v) is 3.66. The van der Waals surface area contributed by atoms with Gasteiger partial charge in [-0.3, -0.25) is 0 Å². The number of esters is 2. The largest absolute Gasteiger partial charge is 0.497 e. The van der Waals surface area contributed by atoms with Crippen LogP contribution in [0.5, 0.6) is 5.75 Å². The van der Waals surface area contributed by atoms with Gasteiger partial charge in [0.15, 0.2) is 0 Å². The van der Waals surface area contributed by atoms with Crippen LogP contribution < -0.4 is 4.74 Å². The van der Waals surface area contributed by atoms with Crippen molar-refractivity contribution < 1.29 is 23.8 Å². The van der Waals surface area contributed by atoms with E-state index in [1.165, 1.54) is 24.3 Å². The summed E-state index contributed by atoms with van der Waals surface area (Å²) < 4.78 is 15.2. The summed E-state index contributed by atoms with van der Waals surface area (Å²) in [5, 5.41) is 0.619. The second kappa shape index (κ2) is 10.8. The molecule has 0 bridgehead atoms. The molecule has 0 spiro atoms. The number of carbonyl (C=O) groups is 2. The molecule has 0 saturated heterocycles. The average Bonchev–Trinajstić information content (AvgIpc) is 2.69. The highest BCUT2D eigenvalue weighted by Crippen LogP contribution is 2.12. The molecule has 2 aromatic rings. The Kier molecular flexibility index (Phi) is 8.13. The fourth-order valence-corrected chi connectivity index (χ4v) is 2.10. The minimum Gasteiger partial charge on any atom is -0.497 e. The molecular weight excluding hydrogens is 368 g/mol. The normalized spacial score (nSPS) is 10.9. The third-order valence-electron chi connectivity index (χ3n) is 3.41. The first-order chi connectivity index (χ1) is 13.1. The molecule has 2 rings (SSSR count). The SMILES string of the molecule is COc1ccc(COC(=O)/C=C/C=C/C(=O)OCc2ccc(Cl)cc2)cc1. The summed E-state index contributed by atoms with van der Waals surface area (Å²) in [6.07, 6.45) is 5.29. The van der Waals surface area contributed by atoms with Gasteiger partial charge in [0.1, 0.15) is 19.0 Å². The molecule has 5 nitrogen and oxygen atoms in total. The van der Waals surface area contributed by atoms with Crippen LogP contribution in [0.15, 0.2) is 72.8 Å². The molecule has 0 saturated carbocycles. The Hall–Kier alpha value is -3.05. The molecule has 0 atom stereocenters. The van der Waals surface area contributed by atoms with Gasteiger partial charge in [-0.25, -0.2) is 9.59 Å². The quantitative estimate of drug-likeness (QED) is 0.385. The number of hydrogen-bond donors (Lipinski definition) is 0. The predicted molar refractivity (Wildman–Crippen MR) is 102 cm³/mol. The van der Waals surface area contributed by atoms with Crippen molar-refractivity contribution in [3.8, 4) is 5.75 Å². The molecule has 0 aliphatic heterocycles. The van der Waals surface area contributed by atoms with E-state index in [4.69, 9.17) is 25.8 Å². The Morgan fingerprint density at radius 1 is 0.815 bits per heavy atom. The number of carbonyl (C=O) groups excluding carboxylic acids is 2. The lowest BCUT2D eigenvalue weighted by Gasteiger charge is -2.03. The van der Waals surface area contributed by atoms with Crippen LogP contribution in [0, 0.1) is 0 Å². The van der Waals surface area contributed by atoms with E-state index >= 15 is 0 Å². The number of allylic oxidation sites excluding steroid dienone is 2. The minimum atomic E-state index is -0.513. The fourth-order valence-electron chi connectivity index (χ4n) is 1.98. The minimum absolute atomic E-state index is 0.147. The Morgan fingerprint density at radius 3 is 1.70 bits per heavy atom. The summed E-state index contributed by atoms with van der Waals surface area (Å²) in [6.45, 7) is 0.300. The monoisotopic (exact) mass is 386 g/mol. The van der Waals surface area contributed by atoms with Gasteiger partial charge in [0, 0.05) is 17.2 Å². The fraction of sp³-hybridized carbons (Fsp3) is 0.143. The van der Waals surface area contributed by atoms with Gasteiger partial charge < -0.3 is 14.2 Å². The lowest BCUT2D eigenvalue weighted by atomic mass is 10.2. The van der Waals surface area contributed by atoms with Crippen molar-refractivity contribution in [3.63, 3.8) is 0 Å². The molecule has 0 amide bonds. The Labute approximate surface area is 162 Å². The zero-order chi connectivity index (χ0) is 19.5. The van der Waals surface area contributed by atoms with Gasteiger partial charge in [0.25, 0.3) is 0 Å². The van der Waals surface area contributed by atoms with Crippen LogP contribution in [0.1, 0.15) is 11.1 Å². The summed E-state index contributed by atoms with van der Waals surface area (Å²) in [5.74, 6) is -0.288. The van der Waals surface area contributed by atoms with E-state index in [0.29, 0.717) is 5.02 Å². The van der Waals surface area contributed by atoms with Crippen LogP contribution in [-0.4, -0.2) is 19.0 Å². The number of halogens is 1. The lowest BCUT2D eigenvalue weighted by molar-refractivity contribution is -0.140. The summed E-state index contributed by atoms with van der Waals surface area (Å²) in [7, 11) is 1.58. The highest BCUT2D eigenvalue weighted by Gasteiger charge is 2.00. The summed E-state index contributed by atoms with van der Waals surface area (Å²) in [6, 6.07) is 14.2. The third kappa shape index (κ3) is 7.79. The molecule has 0 unspecified atom stereocenters. The molecular formula is C21H19ClO5. The Balaban J connectivity index is 1.68. The van der Waals surface area contributed by atoms with Crippen molar-refractivity contribution >= 4 is 23.5 Å². The van der Waals surface area contributed by atoms with E-state index < -0.39 is 11.9 Å². The van der Waals surface area contributed by atoms with E-state index in [1.807, 2.05) is 12.1 Å². The van der Waals surface area contributed by atoms with Gasteiger partial charge in [0.05, 0.1) is 7.11 Å². The van der Waals surface area contributed by atoms with Crippen LogP contribution >= 0.6 is 11.6 Å². The van der Waals surface area contributed by atoms with Gasteiger partial charge in [-0.15, -0.1) is 0 Å². The van der Waals surface area contributed by atoms with Crippen LogP contribution in [-0.2, 0) is 32.3 Å². The smallest absolute Gasteiger partial charge is 0.331 e. The molecule has 0 fully saturated rings. The Bertz CT molecular complexity index is 807. The zero-order valence-corrected chi connectivity index (χ0v) is 15.5. The van der Waals surface area contributed by atoms with Crippen molar-refractivity contribution in [2.75, 3.05) is 7.11 Å². The number of ether oxygens (including phenoxy) is 3. The maximum absolute atomic E-state index is 11.6. The summed E-state index contributed by atoms with van der Waals surface area (Å²) in [5.41, 5.74) is 1.68. The maximum Gasteiger partial charge on any atom is 0.331 e. The highest BCUT2D eigenvalue weighted by atomic mass is 35.5. The van der Waals surface area contributed by atoms with Crippen molar-refractivity contribution in [3.05, 3.63) is 89.0 Å². The summed E-state index contributed by atoms with van der Waals surface area (Å²) in [4.78, 5) is 23.2. The van der Waals surface area contributed by atoms with E-state index in [-0.39, 0.29) is 13.2 Å². The number of methoxy groups -OCH3 is 1. The van der Waals surface area contributed by atoms with E-state index in [0.717, 1.165) is 16.9 Å². The standard InChI is InChI=1S/C21H19ClO5/c1-25-19-12-8-17(9-13-19)15-27-21(24)5-3-2-4-20(23)26-14-16-6-10-18(22)11-7-16/h2-13H,14-15H2,1H3/b4-2+,5-3+. The molecule has 0 heterocycles. The topological polar surface area (TPSA) is 61.8 Å². The lowest BCUT2D eigenvalue weighted by Crippen LogP contribution is -2.01. The van der Waals surface area contributed by atoms with E-state index in [2.05, 4.69) is 0 Å². The maximum atomic E-state index is 11.6. The molecule has 0 aliphatic rings. The van der Waals surface area contributed by atoms with Crippen LogP contribution in [0.4, 0.5) is 0 Å². The first-order valence-corrected chi connectivity index (χ1v) is 8.50. The van der Waals surface area contributed by atoms with Gasteiger partial charge in [-0.1, -0.05) is 48.0 Å². The second-order valence-corrected chi connectivity index (χ2v) is 5.84.